The van der Waals surface area contributed by atoms with Crippen LogP contribution in [0, 0.1) is 5.82 Å². The van der Waals surface area contributed by atoms with Crippen LogP contribution in [0.1, 0.15) is 27.0 Å². The van der Waals surface area contributed by atoms with E-state index in [1.165, 1.54) is 24.3 Å². The topological polar surface area (TPSA) is 46.2 Å². The quantitative estimate of drug-likeness (QED) is 0.286. The predicted octanol–water partition coefficient (Wildman–Crippen LogP) is -4.62. The number of rotatable bonds is 7. The molecule has 0 fully saturated rings. The van der Waals surface area contributed by atoms with Crippen molar-refractivity contribution in [2.75, 3.05) is 28.2 Å². The number of carbonyl (C=O) groups excluding carboxylic acids is 1. The van der Waals surface area contributed by atoms with Gasteiger partial charge in [-0.2, -0.15) is 0 Å². The van der Waals surface area contributed by atoms with Gasteiger partial charge in [0.1, 0.15) is 24.7 Å². The first-order valence-electron chi connectivity index (χ1n) is 8.78. The molecular weight excluding hydrogens is 438 g/mol. The molecule has 0 aromatic heterocycles. The maximum atomic E-state index is 13.9. The first-order valence-corrected chi connectivity index (χ1v) is 9.16. The standard InChI is InChI=1S/C21H24ClFN2O2.2ClH/c1-24(2)12-15-10-14(11-16(21(15)27)13-25(3)4)20(26)9-8-17-18(22)6-5-7-19(17)23;;/h5-11,27H,12-13H2,1-4H3;2*1H/b9-8+;;. The van der Waals surface area contributed by atoms with Gasteiger partial charge in [-0.3, -0.25) is 4.79 Å². The van der Waals surface area contributed by atoms with Crippen molar-refractivity contribution in [3.63, 3.8) is 0 Å². The van der Waals surface area contributed by atoms with E-state index in [1.54, 1.807) is 18.2 Å². The third-order valence-corrected chi connectivity index (χ3v) is 4.37. The molecule has 4 nitrogen and oxygen atoms in total. The van der Waals surface area contributed by atoms with Gasteiger partial charge in [0.2, 0.25) is 0 Å². The molecule has 0 radical (unpaired) electrons. The predicted molar refractivity (Wildman–Crippen MR) is 106 cm³/mol. The normalized spacial score (nSPS) is 10.9. The molecule has 8 heteroatoms. The Hall–Kier alpha value is -1.63. The molecule has 0 heterocycles. The number of ketones is 1. The molecule has 0 saturated heterocycles. The number of benzene rings is 2. The second kappa shape index (κ2) is 12.2. The summed E-state index contributed by atoms with van der Waals surface area (Å²) in [5.74, 6) is -0.513. The highest BCUT2D eigenvalue weighted by Gasteiger charge is 2.17. The Morgan fingerprint density at radius 1 is 1.07 bits per heavy atom. The van der Waals surface area contributed by atoms with Crippen LogP contribution in [0.4, 0.5) is 4.39 Å². The van der Waals surface area contributed by atoms with E-state index in [0.717, 1.165) is 20.9 Å². The second-order valence-electron chi connectivity index (χ2n) is 7.24. The number of nitrogens with one attached hydrogen (secondary N) is 2. The average molecular weight is 464 g/mol. The number of quaternary nitrogens is 2. The molecule has 0 aliphatic heterocycles. The Labute approximate surface area is 188 Å². The Balaban J connectivity index is 0.00000392. The van der Waals surface area contributed by atoms with Gasteiger partial charge < -0.3 is 39.7 Å². The Morgan fingerprint density at radius 2 is 1.59 bits per heavy atom. The Morgan fingerprint density at radius 3 is 2.03 bits per heavy atom. The minimum absolute atomic E-state index is 0. The van der Waals surface area contributed by atoms with E-state index in [-0.39, 0.29) is 46.9 Å². The zero-order valence-electron chi connectivity index (χ0n) is 16.8. The summed E-state index contributed by atoms with van der Waals surface area (Å²) in [5, 5.41) is 10.8. The van der Waals surface area contributed by atoms with Crippen molar-refractivity contribution in [3.8, 4) is 5.75 Å². The van der Waals surface area contributed by atoms with E-state index in [1.807, 2.05) is 28.2 Å². The van der Waals surface area contributed by atoms with Crippen molar-refractivity contribution in [2.24, 2.45) is 0 Å². The number of aromatic hydroxyl groups is 1. The summed E-state index contributed by atoms with van der Waals surface area (Å²) in [6.45, 7) is 1.18. The second-order valence-corrected chi connectivity index (χ2v) is 7.65. The summed E-state index contributed by atoms with van der Waals surface area (Å²) in [5.41, 5.74) is 2.08. The molecule has 0 bridgehead atoms. The molecule has 0 amide bonds. The van der Waals surface area contributed by atoms with Crippen LogP contribution in [0.3, 0.4) is 0 Å². The average Bonchev–Trinajstić information content (AvgIpc) is 2.56. The summed E-state index contributed by atoms with van der Waals surface area (Å²) in [6.07, 6.45) is 2.70. The first kappa shape index (κ1) is 27.4. The van der Waals surface area contributed by atoms with Crippen molar-refractivity contribution >= 4 is 23.5 Å². The molecule has 0 aliphatic rings. The molecule has 2 aromatic carbocycles. The number of hydrogen-bond donors (Lipinski definition) is 3. The lowest BCUT2D eigenvalue weighted by Crippen LogP contribution is -3.04. The van der Waals surface area contributed by atoms with Gasteiger partial charge in [0, 0.05) is 22.3 Å². The van der Waals surface area contributed by atoms with Crippen LogP contribution in [-0.2, 0) is 13.1 Å². The van der Waals surface area contributed by atoms with E-state index in [4.69, 9.17) is 11.6 Å². The van der Waals surface area contributed by atoms with Gasteiger partial charge in [-0.25, -0.2) is 4.39 Å². The summed E-state index contributed by atoms with van der Waals surface area (Å²) in [6, 6.07) is 7.79. The minimum Gasteiger partial charge on any atom is -1.00 e. The van der Waals surface area contributed by atoms with E-state index >= 15 is 0 Å². The lowest BCUT2D eigenvalue weighted by atomic mass is 10.00. The van der Waals surface area contributed by atoms with Gasteiger partial charge in [-0.1, -0.05) is 17.7 Å². The highest BCUT2D eigenvalue weighted by atomic mass is 35.5. The van der Waals surface area contributed by atoms with Gasteiger partial charge in [0.15, 0.2) is 5.78 Å². The number of carbonyl (C=O) groups is 1. The Bertz CT molecular complexity index is 820. The fourth-order valence-electron chi connectivity index (χ4n) is 2.86. The molecule has 0 unspecified atom stereocenters. The summed E-state index contributed by atoms with van der Waals surface area (Å²) >= 11 is 6.00. The number of allylic oxidation sites excluding steroid dienone is 1. The van der Waals surface area contributed by atoms with Crippen LogP contribution in [0.5, 0.6) is 5.75 Å². The van der Waals surface area contributed by atoms with Gasteiger partial charge in [0.25, 0.3) is 0 Å². The minimum atomic E-state index is -0.481. The summed E-state index contributed by atoms with van der Waals surface area (Å²) in [7, 11) is 7.91. The lowest BCUT2D eigenvalue weighted by molar-refractivity contribution is -0.873. The van der Waals surface area contributed by atoms with Crippen LogP contribution < -0.4 is 34.6 Å². The van der Waals surface area contributed by atoms with Crippen LogP contribution in [0.15, 0.2) is 36.4 Å². The number of hydrogen-bond acceptors (Lipinski definition) is 2. The molecule has 160 valence electrons. The molecule has 0 spiro atoms. The van der Waals surface area contributed by atoms with Crippen molar-refractivity contribution in [1.29, 1.82) is 0 Å². The highest BCUT2D eigenvalue weighted by molar-refractivity contribution is 6.32. The summed E-state index contributed by atoms with van der Waals surface area (Å²) < 4.78 is 13.9. The maximum absolute atomic E-state index is 13.9. The van der Waals surface area contributed by atoms with Crippen LogP contribution >= 0.6 is 11.6 Å². The van der Waals surface area contributed by atoms with Gasteiger partial charge in [0.05, 0.1) is 33.2 Å². The molecule has 2 aromatic rings. The van der Waals surface area contributed by atoms with Crippen LogP contribution in [0.25, 0.3) is 6.08 Å². The van der Waals surface area contributed by atoms with E-state index in [0.29, 0.717) is 18.7 Å². The van der Waals surface area contributed by atoms with Gasteiger partial charge in [-0.15, -0.1) is 0 Å². The molecule has 0 aliphatic carbocycles. The van der Waals surface area contributed by atoms with Crippen molar-refractivity contribution < 1.29 is 48.9 Å². The third kappa shape index (κ3) is 7.61. The van der Waals surface area contributed by atoms with Crippen molar-refractivity contribution in [1.82, 2.24) is 0 Å². The molecular formula is C21H26Cl3FN2O2. The highest BCUT2D eigenvalue weighted by Crippen LogP contribution is 2.25. The van der Waals surface area contributed by atoms with E-state index in [9.17, 15) is 14.3 Å². The SMILES string of the molecule is C[NH+](C)Cc1cc(C(=O)/C=C/c2c(F)cccc2Cl)cc(C[NH+](C)C)c1O.[Cl-].[Cl-]. The largest absolute Gasteiger partial charge is 1.00 e. The first-order chi connectivity index (χ1) is 12.7. The molecule has 3 N–H and O–H groups in total. The van der Waals surface area contributed by atoms with Gasteiger partial charge >= 0.3 is 0 Å². The van der Waals surface area contributed by atoms with Crippen LogP contribution in [-0.4, -0.2) is 39.1 Å². The van der Waals surface area contributed by atoms with Crippen molar-refractivity contribution in [3.05, 3.63) is 69.5 Å². The maximum Gasteiger partial charge on any atom is 0.185 e. The fraction of sp³-hybridized carbons (Fsp3) is 0.286. The van der Waals surface area contributed by atoms with Gasteiger partial charge in [-0.05, 0) is 36.4 Å². The molecule has 0 saturated carbocycles. The monoisotopic (exact) mass is 462 g/mol. The molecule has 2 rings (SSSR count). The van der Waals surface area contributed by atoms with E-state index in [2.05, 4.69) is 0 Å². The fourth-order valence-corrected chi connectivity index (χ4v) is 3.08. The zero-order chi connectivity index (χ0) is 20.1. The number of halogens is 4. The number of phenols is 1. The molecule has 29 heavy (non-hydrogen) atoms. The third-order valence-electron chi connectivity index (χ3n) is 4.04. The zero-order valence-corrected chi connectivity index (χ0v) is 19.1. The Kier molecular flexibility index (Phi) is 11.5. The van der Waals surface area contributed by atoms with E-state index < -0.39 is 5.82 Å². The van der Waals surface area contributed by atoms with Crippen molar-refractivity contribution in [2.45, 2.75) is 13.1 Å². The lowest BCUT2D eigenvalue weighted by Gasteiger charge is -2.15. The summed E-state index contributed by atoms with van der Waals surface area (Å²) in [4.78, 5) is 14.9. The molecule has 0 atom stereocenters. The smallest absolute Gasteiger partial charge is 0.185 e. The number of phenolic OH excluding ortho intramolecular Hbond substituents is 1. The van der Waals surface area contributed by atoms with Crippen LogP contribution in [0.2, 0.25) is 5.02 Å².